The van der Waals surface area contributed by atoms with Gasteiger partial charge < -0.3 is 10.4 Å². The van der Waals surface area contributed by atoms with Crippen molar-refractivity contribution in [1.82, 2.24) is 5.32 Å². The van der Waals surface area contributed by atoms with Crippen LogP contribution in [0.5, 0.6) is 5.75 Å². The summed E-state index contributed by atoms with van der Waals surface area (Å²) in [6.45, 7) is 1.12. The summed E-state index contributed by atoms with van der Waals surface area (Å²) in [7, 11) is 0. The molecule has 0 aliphatic carbocycles. The summed E-state index contributed by atoms with van der Waals surface area (Å²) in [4.78, 5) is 0. The molecule has 1 atom stereocenters. The van der Waals surface area contributed by atoms with E-state index in [1.807, 2.05) is 12.1 Å². The van der Waals surface area contributed by atoms with Crippen LogP contribution in [0.25, 0.3) is 0 Å². The van der Waals surface area contributed by atoms with Crippen LogP contribution in [0.2, 0.25) is 5.02 Å². The highest BCUT2D eigenvalue weighted by Crippen LogP contribution is 2.24. The molecule has 2 nitrogen and oxygen atoms in total. The van der Waals surface area contributed by atoms with Crippen molar-refractivity contribution >= 4 is 11.6 Å². The molecule has 0 radical (unpaired) electrons. The van der Waals surface area contributed by atoms with Crippen molar-refractivity contribution in [2.45, 2.75) is 18.9 Å². The molecule has 1 heterocycles. The number of hydrogen-bond acceptors (Lipinski definition) is 2. The van der Waals surface area contributed by atoms with Crippen molar-refractivity contribution in [3.63, 3.8) is 0 Å². The molecule has 1 fully saturated rings. The van der Waals surface area contributed by atoms with E-state index < -0.39 is 0 Å². The lowest BCUT2D eigenvalue weighted by Gasteiger charge is -2.27. The minimum atomic E-state index is 0.159. The Morgan fingerprint density at radius 2 is 2.31 bits per heavy atom. The molecule has 13 heavy (non-hydrogen) atoms. The Labute approximate surface area is 82.5 Å². The highest BCUT2D eigenvalue weighted by atomic mass is 35.5. The molecule has 1 aliphatic rings. The zero-order chi connectivity index (χ0) is 9.26. The van der Waals surface area contributed by atoms with E-state index in [2.05, 4.69) is 5.32 Å². The van der Waals surface area contributed by atoms with Crippen LogP contribution in [0.4, 0.5) is 0 Å². The Bertz CT molecular complexity index is 310. The maximum Gasteiger partial charge on any atom is 0.134 e. The maximum atomic E-state index is 9.20. The number of aromatic hydroxyl groups is 1. The van der Waals surface area contributed by atoms with Crippen molar-refractivity contribution in [3.05, 3.63) is 28.8 Å². The summed E-state index contributed by atoms with van der Waals surface area (Å²) in [5.41, 5.74) is 1.18. The van der Waals surface area contributed by atoms with Crippen molar-refractivity contribution < 1.29 is 5.11 Å². The van der Waals surface area contributed by atoms with Gasteiger partial charge in [0.15, 0.2) is 0 Å². The predicted molar refractivity (Wildman–Crippen MR) is 53.2 cm³/mol. The third kappa shape index (κ3) is 1.95. The lowest BCUT2D eigenvalue weighted by Crippen LogP contribution is -2.44. The van der Waals surface area contributed by atoms with Gasteiger partial charge >= 0.3 is 0 Å². The normalized spacial score (nSPS) is 21.2. The van der Waals surface area contributed by atoms with Crippen molar-refractivity contribution in [1.29, 1.82) is 0 Å². The largest absolute Gasteiger partial charge is 0.506 e. The minimum absolute atomic E-state index is 0.159. The Morgan fingerprint density at radius 3 is 2.85 bits per heavy atom. The molecular formula is C10H12ClNO. The number of nitrogens with one attached hydrogen (secondary N) is 1. The molecule has 3 heteroatoms. The SMILES string of the molecule is Oc1ccc(CC2CCN2)cc1Cl. The van der Waals surface area contributed by atoms with Crippen LogP contribution in [0.1, 0.15) is 12.0 Å². The molecule has 1 saturated heterocycles. The highest BCUT2D eigenvalue weighted by Gasteiger charge is 2.16. The molecule has 2 N–H and O–H groups in total. The summed E-state index contributed by atoms with van der Waals surface area (Å²) in [5, 5.41) is 13.0. The van der Waals surface area contributed by atoms with Crippen LogP contribution in [0, 0.1) is 0 Å². The first kappa shape index (κ1) is 8.85. The van der Waals surface area contributed by atoms with E-state index in [1.54, 1.807) is 6.07 Å². The first-order valence-corrected chi connectivity index (χ1v) is 4.84. The maximum absolute atomic E-state index is 9.20. The van der Waals surface area contributed by atoms with Gasteiger partial charge in [0.2, 0.25) is 0 Å². The fourth-order valence-corrected chi connectivity index (χ4v) is 1.69. The molecule has 1 aromatic rings. The topological polar surface area (TPSA) is 32.3 Å². The minimum Gasteiger partial charge on any atom is -0.506 e. The number of benzene rings is 1. The fraction of sp³-hybridized carbons (Fsp3) is 0.400. The van der Waals surface area contributed by atoms with Crippen LogP contribution in [0.15, 0.2) is 18.2 Å². The van der Waals surface area contributed by atoms with Crippen LogP contribution in [-0.2, 0) is 6.42 Å². The second-order valence-electron chi connectivity index (χ2n) is 3.43. The first-order chi connectivity index (χ1) is 6.25. The second-order valence-corrected chi connectivity index (χ2v) is 3.84. The molecule has 0 aromatic heterocycles. The molecule has 2 rings (SSSR count). The molecule has 1 aliphatic heterocycles. The molecule has 0 saturated carbocycles. The molecule has 70 valence electrons. The van der Waals surface area contributed by atoms with Gasteiger partial charge in [-0.15, -0.1) is 0 Å². The standard InChI is InChI=1S/C10H12ClNO/c11-9-6-7(1-2-10(9)13)5-8-3-4-12-8/h1-2,6,8,12-13H,3-5H2. The number of rotatable bonds is 2. The van der Waals surface area contributed by atoms with Gasteiger partial charge in [0, 0.05) is 6.04 Å². The molecule has 1 unspecified atom stereocenters. The average Bonchev–Trinajstić information content (AvgIpc) is 2.04. The third-order valence-electron chi connectivity index (χ3n) is 2.42. The smallest absolute Gasteiger partial charge is 0.134 e. The Balaban J connectivity index is 2.07. The van der Waals surface area contributed by atoms with E-state index >= 15 is 0 Å². The Hall–Kier alpha value is -0.730. The predicted octanol–water partition coefficient (Wildman–Crippen LogP) is 1.95. The van der Waals surface area contributed by atoms with Crippen LogP contribution >= 0.6 is 11.6 Å². The lowest BCUT2D eigenvalue weighted by atomic mass is 9.98. The number of phenols is 1. The van der Waals surface area contributed by atoms with Crippen LogP contribution in [0.3, 0.4) is 0 Å². The van der Waals surface area contributed by atoms with Gasteiger partial charge in [-0.1, -0.05) is 17.7 Å². The number of hydrogen-bond donors (Lipinski definition) is 2. The van der Waals surface area contributed by atoms with E-state index in [0.717, 1.165) is 13.0 Å². The van der Waals surface area contributed by atoms with Gasteiger partial charge in [0.05, 0.1) is 5.02 Å². The van der Waals surface area contributed by atoms with Gasteiger partial charge in [-0.05, 0) is 37.1 Å². The summed E-state index contributed by atoms with van der Waals surface area (Å²) in [6.07, 6.45) is 2.23. The van der Waals surface area contributed by atoms with E-state index in [9.17, 15) is 5.11 Å². The molecule has 0 bridgehead atoms. The first-order valence-electron chi connectivity index (χ1n) is 4.46. The van der Waals surface area contributed by atoms with Crippen LogP contribution in [-0.4, -0.2) is 17.7 Å². The Morgan fingerprint density at radius 1 is 1.54 bits per heavy atom. The molecular weight excluding hydrogens is 186 g/mol. The number of halogens is 1. The van der Waals surface area contributed by atoms with Crippen molar-refractivity contribution in [3.8, 4) is 5.75 Å². The van der Waals surface area contributed by atoms with Crippen molar-refractivity contribution in [2.24, 2.45) is 0 Å². The quantitative estimate of drug-likeness (QED) is 0.760. The summed E-state index contributed by atoms with van der Waals surface area (Å²) in [6, 6.07) is 6.00. The van der Waals surface area contributed by atoms with Gasteiger partial charge in [-0.25, -0.2) is 0 Å². The van der Waals surface area contributed by atoms with Crippen molar-refractivity contribution in [2.75, 3.05) is 6.54 Å². The molecule has 1 aromatic carbocycles. The van der Waals surface area contributed by atoms with Gasteiger partial charge in [-0.3, -0.25) is 0 Å². The zero-order valence-electron chi connectivity index (χ0n) is 7.26. The molecule has 0 amide bonds. The second kappa shape index (κ2) is 3.56. The third-order valence-corrected chi connectivity index (χ3v) is 2.72. The van der Waals surface area contributed by atoms with E-state index in [-0.39, 0.29) is 5.75 Å². The van der Waals surface area contributed by atoms with Gasteiger partial charge in [0.25, 0.3) is 0 Å². The summed E-state index contributed by atoms with van der Waals surface area (Å²) in [5.74, 6) is 0.159. The summed E-state index contributed by atoms with van der Waals surface area (Å²) >= 11 is 5.79. The van der Waals surface area contributed by atoms with Gasteiger partial charge in [-0.2, -0.15) is 0 Å². The highest BCUT2D eigenvalue weighted by molar-refractivity contribution is 6.32. The van der Waals surface area contributed by atoms with Crippen LogP contribution < -0.4 is 5.32 Å². The lowest BCUT2D eigenvalue weighted by molar-refractivity contribution is 0.369. The van der Waals surface area contributed by atoms with Gasteiger partial charge in [0.1, 0.15) is 5.75 Å². The van der Waals surface area contributed by atoms with E-state index in [4.69, 9.17) is 11.6 Å². The monoisotopic (exact) mass is 197 g/mol. The van der Waals surface area contributed by atoms with E-state index in [1.165, 1.54) is 12.0 Å². The zero-order valence-corrected chi connectivity index (χ0v) is 8.01. The average molecular weight is 198 g/mol. The van der Waals surface area contributed by atoms with E-state index in [0.29, 0.717) is 11.1 Å². The Kier molecular flexibility index (Phi) is 2.42. The molecule has 0 spiro atoms. The summed E-state index contributed by atoms with van der Waals surface area (Å²) < 4.78 is 0. The fourth-order valence-electron chi connectivity index (χ4n) is 1.48. The number of phenolic OH excluding ortho intramolecular Hbond substituents is 1.